The molecule has 0 saturated carbocycles. The highest BCUT2D eigenvalue weighted by atomic mass is 16.6. The molecule has 84 valence electrons. The molecule has 0 amide bonds. The molecule has 2 atom stereocenters. The van der Waals surface area contributed by atoms with E-state index in [0.717, 1.165) is 6.54 Å². The van der Waals surface area contributed by atoms with Crippen LogP contribution in [-0.4, -0.2) is 38.9 Å². The Morgan fingerprint density at radius 2 is 2.07 bits per heavy atom. The Labute approximate surface area is 86.0 Å². The Bertz CT molecular complexity index is 161. The van der Waals surface area contributed by atoms with Crippen molar-refractivity contribution in [1.82, 2.24) is 5.32 Å². The van der Waals surface area contributed by atoms with Gasteiger partial charge in [0, 0.05) is 13.7 Å². The third kappa shape index (κ3) is 5.94. The standard InChI is InChI=1S/C10H21NO3/c1-5-11-6-8(2)10(12)14-9(3)7-13-4/h8-9,11H,5-7H2,1-4H3. The average Bonchev–Trinajstić information content (AvgIpc) is 2.14. The Morgan fingerprint density at radius 3 is 2.57 bits per heavy atom. The van der Waals surface area contributed by atoms with Crippen LogP contribution in [-0.2, 0) is 14.3 Å². The van der Waals surface area contributed by atoms with Gasteiger partial charge in [0.15, 0.2) is 0 Å². The number of rotatable bonds is 7. The van der Waals surface area contributed by atoms with Gasteiger partial charge in [-0.15, -0.1) is 0 Å². The van der Waals surface area contributed by atoms with Crippen LogP contribution in [0.3, 0.4) is 0 Å². The van der Waals surface area contributed by atoms with Crippen molar-refractivity contribution in [2.75, 3.05) is 26.8 Å². The van der Waals surface area contributed by atoms with Crippen LogP contribution in [0.2, 0.25) is 0 Å². The van der Waals surface area contributed by atoms with Crippen LogP contribution in [0.15, 0.2) is 0 Å². The Kier molecular flexibility index (Phi) is 7.42. The molecule has 1 N–H and O–H groups in total. The fourth-order valence-corrected chi connectivity index (χ4v) is 1.03. The predicted molar refractivity (Wildman–Crippen MR) is 55.1 cm³/mol. The van der Waals surface area contributed by atoms with Gasteiger partial charge in [0.2, 0.25) is 0 Å². The molecule has 0 aromatic rings. The number of carbonyl (C=O) groups is 1. The molecule has 0 spiro atoms. The van der Waals surface area contributed by atoms with Crippen molar-refractivity contribution in [2.45, 2.75) is 26.9 Å². The van der Waals surface area contributed by atoms with E-state index in [9.17, 15) is 4.79 Å². The molecule has 0 aliphatic carbocycles. The van der Waals surface area contributed by atoms with Crippen molar-refractivity contribution in [1.29, 1.82) is 0 Å². The summed E-state index contributed by atoms with van der Waals surface area (Å²) in [6.45, 7) is 7.65. The zero-order valence-electron chi connectivity index (χ0n) is 9.50. The number of hydrogen-bond donors (Lipinski definition) is 1. The maximum atomic E-state index is 11.4. The van der Waals surface area contributed by atoms with E-state index in [4.69, 9.17) is 9.47 Å². The van der Waals surface area contributed by atoms with E-state index in [2.05, 4.69) is 5.32 Å². The number of nitrogens with one attached hydrogen (secondary N) is 1. The summed E-state index contributed by atoms with van der Waals surface area (Å²) in [5, 5.41) is 3.10. The van der Waals surface area contributed by atoms with Crippen molar-refractivity contribution in [3.05, 3.63) is 0 Å². The molecule has 0 aliphatic heterocycles. The first-order valence-corrected chi connectivity index (χ1v) is 5.01. The number of methoxy groups -OCH3 is 1. The van der Waals surface area contributed by atoms with Crippen LogP contribution < -0.4 is 5.32 Å². The zero-order chi connectivity index (χ0) is 11.0. The predicted octanol–water partition coefficient (Wildman–Crippen LogP) is 0.810. The van der Waals surface area contributed by atoms with Gasteiger partial charge in [-0.05, 0) is 13.5 Å². The lowest BCUT2D eigenvalue weighted by Crippen LogP contribution is -2.30. The molecule has 0 bridgehead atoms. The van der Waals surface area contributed by atoms with Crippen LogP contribution >= 0.6 is 0 Å². The van der Waals surface area contributed by atoms with Gasteiger partial charge in [0.25, 0.3) is 0 Å². The molecule has 0 aromatic heterocycles. The largest absolute Gasteiger partial charge is 0.460 e. The second-order valence-corrected chi connectivity index (χ2v) is 3.41. The van der Waals surface area contributed by atoms with Gasteiger partial charge in [-0.3, -0.25) is 4.79 Å². The number of carbonyl (C=O) groups excluding carboxylic acids is 1. The highest BCUT2D eigenvalue weighted by Gasteiger charge is 2.16. The highest BCUT2D eigenvalue weighted by Crippen LogP contribution is 2.01. The first-order valence-electron chi connectivity index (χ1n) is 5.01. The number of ether oxygens (including phenoxy) is 2. The monoisotopic (exact) mass is 203 g/mol. The van der Waals surface area contributed by atoms with Gasteiger partial charge >= 0.3 is 5.97 Å². The van der Waals surface area contributed by atoms with Crippen LogP contribution in [0.4, 0.5) is 0 Å². The third-order valence-electron chi connectivity index (χ3n) is 1.82. The Balaban J connectivity index is 3.71. The molecule has 4 heteroatoms. The summed E-state index contributed by atoms with van der Waals surface area (Å²) in [7, 11) is 1.59. The fourth-order valence-electron chi connectivity index (χ4n) is 1.03. The smallest absolute Gasteiger partial charge is 0.310 e. The van der Waals surface area contributed by atoms with E-state index in [1.54, 1.807) is 7.11 Å². The topological polar surface area (TPSA) is 47.6 Å². The van der Waals surface area contributed by atoms with E-state index in [1.165, 1.54) is 0 Å². The summed E-state index contributed by atoms with van der Waals surface area (Å²) >= 11 is 0. The lowest BCUT2D eigenvalue weighted by Gasteiger charge is -2.16. The molecule has 0 aliphatic rings. The average molecular weight is 203 g/mol. The van der Waals surface area contributed by atoms with Crippen LogP contribution in [0.25, 0.3) is 0 Å². The molecule has 2 unspecified atom stereocenters. The van der Waals surface area contributed by atoms with Crippen molar-refractivity contribution in [3.63, 3.8) is 0 Å². The summed E-state index contributed by atoms with van der Waals surface area (Å²) in [5.74, 6) is -0.273. The van der Waals surface area contributed by atoms with Gasteiger partial charge in [-0.1, -0.05) is 13.8 Å². The highest BCUT2D eigenvalue weighted by molar-refractivity contribution is 5.72. The molecule has 0 radical (unpaired) electrons. The van der Waals surface area contributed by atoms with E-state index in [-0.39, 0.29) is 18.0 Å². The van der Waals surface area contributed by atoms with Crippen LogP contribution in [0.5, 0.6) is 0 Å². The summed E-state index contributed by atoms with van der Waals surface area (Å²) < 4.78 is 10.0. The summed E-state index contributed by atoms with van der Waals surface area (Å²) in [6.07, 6.45) is -0.170. The second kappa shape index (κ2) is 7.76. The number of esters is 1. The molecule has 0 heterocycles. The van der Waals surface area contributed by atoms with Gasteiger partial charge in [0.1, 0.15) is 6.10 Å². The van der Waals surface area contributed by atoms with Gasteiger partial charge in [-0.25, -0.2) is 0 Å². The molecular formula is C10H21NO3. The molecule has 0 aromatic carbocycles. The van der Waals surface area contributed by atoms with Crippen molar-refractivity contribution >= 4 is 5.97 Å². The zero-order valence-corrected chi connectivity index (χ0v) is 9.50. The van der Waals surface area contributed by atoms with Crippen LogP contribution in [0, 0.1) is 5.92 Å². The van der Waals surface area contributed by atoms with E-state index >= 15 is 0 Å². The van der Waals surface area contributed by atoms with Crippen LogP contribution in [0.1, 0.15) is 20.8 Å². The van der Waals surface area contributed by atoms with E-state index in [1.807, 2.05) is 20.8 Å². The maximum Gasteiger partial charge on any atom is 0.310 e. The molecule has 14 heavy (non-hydrogen) atoms. The number of hydrogen-bond acceptors (Lipinski definition) is 4. The first kappa shape index (κ1) is 13.4. The molecule has 0 rings (SSSR count). The minimum atomic E-state index is -0.171. The summed E-state index contributed by atoms with van der Waals surface area (Å²) in [5.41, 5.74) is 0. The normalized spacial score (nSPS) is 14.9. The summed E-state index contributed by atoms with van der Waals surface area (Å²) in [4.78, 5) is 11.4. The SMILES string of the molecule is CCNCC(C)C(=O)OC(C)COC. The molecule has 4 nitrogen and oxygen atoms in total. The van der Waals surface area contributed by atoms with Gasteiger partial charge in [0.05, 0.1) is 12.5 Å². The van der Waals surface area contributed by atoms with Crippen molar-refractivity contribution < 1.29 is 14.3 Å². The Hall–Kier alpha value is -0.610. The Morgan fingerprint density at radius 1 is 1.43 bits per heavy atom. The molecule has 0 saturated heterocycles. The lowest BCUT2D eigenvalue weighted by atomic mass is 10.2. The van der Waals surface area contributed by atoms with E-state index < -0.39 is 0 Å². The second-order valence-electron chi connectivity index (χ2n) is 3.41. The minimum Gasteiger partial charge on any atom is -0.460 e. The van der Waals surface area contributed by atoms with Crippen molar-refractivity contribution in [3.8, 4) is 0 Å². The first-order chi connectivity index (χ1) is 6.61. The maximum absolute atomic E-state index is 11.4. The lowest BCUT2D eigenvalue weighted by molar-refractivity contribution is -0.154. The fraction of sp³-hybridized carbons (Fsp3) is 0.900. The van der Waals surface area contributed by atoms with E-state index in [0.29, 0.717) is 13.2 Å². The van der Waals surface area contributed by atoms with Gasteiger partial charge in [-0.2, -0.15) is 0 Å². The molecule has 0 fully saturated rings. The molecular weight excluding hydrogens is 182 g/mol. The van der Waals surface area contributed by atoms with Crippen molar-refractivity contribution in [2.24, 2.45) is 5.92 Å². The van der Waals surface area contributed by atoms with Gasteiger partial charge < -0.3 is 14.8 Å². The quantitative estimate of drug-likeness (QED) is 0.622. The minimum absolute atomic E-state index is 0.103. The summed E-state index contributed by atoms with van der Waals surface area (Å²) in [6, 6.07) is 0. The third-order valence-corrected chi connectivity index (χ3v) is 1.82.